The molecule has 0 aromatic heterocycles. The predicted octanol–water partition coefficient (Wildman–Crippen LogP) is 2.07. The summed E-state index contributed by atoms with van der Waals surface area (Å²) < 4.78 is 0. The molecule has 1 heterocycles. The Kier molecular flexibility index (Phi) is 2.27. The highest BCUT2D eigenvalue weighted by molar-refractivity contribution is 5.81. The summed E-state index contributed by atoms with van der Waals surface area (Å²) in [5.41, 5.74) is 2.14. The van der Waals surface area contributed by atoms with Gasteiger partial charge in [-0.05, 0) is 31.5 Å². The van der Waals surface area contributed by atoms with E-state index in [9.17, 15) is 5.11 Å². The Morgan fingerprint density at radius 3 is 2.80 bits per heavy atom. The minimum Gasteiger partial charge on any atom is -0.386 e. The van der Waals surface area contributed by atoms with Crippen LogP contribution < -0.4 is 4.90 Å². The Bertz CT molecular complexity index is 405. The molecule has 0 atom stereocenters. The second kappa shape index (κ2) is 3.35. The van der Waals surface area contributed by atoms with Crippen LogP contribution in [0.2, 0.25) is 0 Å². The molecule has 1 aliphatic rings. The van der Waals surface area contributed by atoms with Crippen LogP contribution in [0.4, 0.5) is 11.4 Å². The normalized spacial score (nSPS) is 15.3. The summed E-state index contributed by atoms with van der Waals surface area (Å²) in [5, 5.41) is 9.89. The lowest BCUT2D eigenvalue weighted by Gasteiger charge is -2.25. The number of anilines is 1. The summed E-state index contributed by atoms with van der Waals surface area (Å²) in [4.78, 5) is 6.48. The maximum atomic E-state index is 9.89. The Labute approximate surface area is 90.1 Å². The van der Waals surface area contributed by atoms with Crippen LogP contribution >= 0.6 is 0 Å². The monoisotopic (exact) mass is 204 g/mol. The van der Waals surface area contributed by atoms with Gasteiger partial charge in [0.25, 0.3) is 0 Å². The fourth-order valence-corrected chi connectivity index (χ4v) is 1.69. The van der Waals surface area contributed by atoms with E-state index in [0.717, 1.165) is 23.5 Å². The van der Waals surface area contributed by atoms with Crippen LogP contribution in [0, 0.1) is 0 Å². The van der Waals surface area contributed by atoms with Gasteiger partial charge in [0.1, 0.15) is 0 Å². The minimum atomic E-state index is -0.805. The average Bonchev–Trinajstić information content (AvgIpc) is 2.16. The molecular formula is C12H16N2O. The van der Waals surface area contributed by atoms with E-state index in [1.165, 1.54) is 0 Å². The largest absolute Gasteiger partial charge is 0.386 e. The van der Waals surface area contributed by atoms with Crippen molar-refractivity contribution in [3.63, 3.8) is 0 Å². The highest BCUT2D eigenvalue weighted by atomic mass is 16.3. The molecule has 3 nitrogen and oxygen atoms in total. The van der Waals surface area contributed by atoms with Gasteiger partial charge < -0.3 is 10.0 Å². The van der Waals surface area contributed by atoms with Crippen molar-refractivity contribution in [3.8, 4) is 0 Å². The molecule has 0 saturated heterocycles. The van der Waals surface area contributed by atoms with E-state index in [1.807, 2.05) is 31.5 Å². The SMILES string of the molecule is CN1CC=Nc2cc(C(C)(C)O)ccc21. The third-order valence-corrected chi connectivity index (χ3v) is 2.68. The predicted molar refractivity (Wildman–Crippen MR) is 63.1 cm³/mol. The number of benzene rings is 1. The Balaban J connectivity index is 2.48. The number of fused-ring (bicyclic) bond motifs is 1. The minimum absolute atomic E-state index is 0.805. The van der Waals surface area contributed by atoms with Gasteiger partial charge in [-0.25, -0.2) is 0 Å². The number of nitrogens with zero attached hydrogens (tertiary/aromatic N) is 2. The second-order valence-electron chi connectivity index (χ2n) is 4.45. The Morgan fingerprint density at radius 2 is 2.13 bits per heavy atom. The second-order valence-corrected chi connectivity index (χ2v) is 4.45. The number of aliphatic imine (C=N–C) groups is 1. The van der Waals surface area contributed by atoms with Gasteiger partial charge in [-0.3, -0.25) is 4.99 Å². The molecule has 1 aromatic carbocycles. The zero-order valence-corrected chi connectivity index (χ0v) is 9.36. The fourth-order valence-electron chi connectivity index (χ4n) is 1.69. The van der Waals surface area contributed by atoms with E-state index in [4.69, 9.17) is 0 Å². The first-order valence-electron chi connectivity index (χ1n) is 5.09. The summed E-state index contributed by atoms with van der Waals surface area (Å²) in [6.07, 6.45) is 1.89. The lowest BCUT2D eigenvalue weighted by Crippen LogP contribution is -2.23. The lowest BCUT2D eigenvalue weighted by molar-refractivity contribution is 0.0786. The van der Waals surface area contributed by atoms with E-state index >= 15 is 0 Å². The van der Waals surface area contributed by atoms with E-state index in [-0.39, 0.29) is 0 Å². The summed E-state index contributed by atoms with van der Waals surface area (Å²) in [6.45, 7) is 4.41. The van der Waals surface area contributed by atoms with Crippen LogP contribution in [-0.2, 0) is 5.60 Å². The van der Waals surface area contributed by atoms with E-state index in [0.29, 0.717) is 0 Å². The molecule has 0 amide bonds. The first-order valence-corrected chi connectivity index (χ1v) is 5.09. The van der Waals surface area contributed by atoms with Crippen LogP contribution in [0.1, 0.15) is 19.4 Å². The van der Waals surface area contributed by atoms with Crippen LogP contribution in [-0.4, -0.2) is 24.9 Å². The van der Waals surface area contributed by atoms with Gasteiger partial charge in [0.15, 0.2) is 0 Å². The molecule has 0 fully saturated rings. The third kappa shape index (κ3) is 1.88. The first-order chi connectivity index (χ1) is 6.98. The summed E-state index contributed by atoms with van der Waals surface area (Å²) in [7, 11) is 2.04. The molecular weight excluding hydrogens is 188 g/mol. The third-order valence-electron chi connectivity index (χ3n) is 2.68. The molecule has 0 radical (unpaired) electrons. The Hall–Kier alpha value is -1.35. The van der Waals surface area contributed by atoms with Crippen molar-refractivity contribution < 1.29 is 5.11 Å². The molecule has 1 aromatic rings. The van der Waals surface area contributed by atoms with Gasteiger partial charge in [-0.1, -0.05) is 6.07 Å². The smallest absolute Gasteiger partial charge is 0.0863 e. The maximum absolute atomic E-state index is 9.89. The number of rotatable bonds is 1. The van der Waals surface area contributed by atoms with Gasteiger partial charge in [0.2, 0.25) is 0 Å². The molecule has 3 heteroatoms. The van der Waals surface area contributed by atoms with Crippen molar-refractivity contribution in [3.05, 3.63) is 23.8 Å². The van der Waals surface area contributed by atoms with E-state index in [2.05, 4.69) is 9.89 Å². The fraction of sp³-hybridized carbons (Fsp3) is 0.417. The molecule has 0 saturated carbocycles. The molecule has 80 valence electrons. The Morgan fingerprint density at radius 1 is 1.40 bits per heavy atom. The molecule has 0 spiro atoms. The molecule has 1 aliphatic heterocycles. The van der Waals surface area contributed by atoms with E-state index < -0.39 is 5.60 Å². The van der Waals surface area contributed by atoms with Gasteiger partial charge in [-0.15, -0.1) is 0 Å². The van der Waals surface area contributed by atoms with Crippen molar-refractivity contribution in [2.24, 2.45) is 4.99 Å². The van der Waals surface area contributed by atoms with Crippen molar-refractivity contribution in [2.45, 2.75) is 19.4 Å². The highest BCUT2D eigenvalue weighted by Crippen LogP contribution is 2.33. The number of hydrogen-bond donors (Lipinski definition) is 1. The molecule has 2 rings (SSSR count). The van der Waals surface area contributed by atoms with Gasteiger partial charge in [0, 0.05) is 13.3 Å². The van der Waals surface area contributed by atoms with Crippen molar-refractivity contribution in [1.29, 1.82) is 0 Å². The summed E-state index contributed by atoms with van der Waals surface area (Å²) in [5.74, 6) is 0. The molecule has 1 N–H and O–H groups in total. The van der Waals surface area contributed by atoms with Gasteiger partial charge >= 0.3 is 0 Å². The van der Waals surface area contributed by atoms with Crippen LogP contribution in [0.5, 0.6) is 0 Å². The molecule has 0 aliphatic carbocycles. The van der Waals surface area contributed by atoms with Crippen molar-refractivity contribution >= 4 is 17.6 Å². The zero-order chi connectivity index (χ0) is 11.1. The number of hydrogen-bond acceptors (Lipinski definition) is 3. The standard InChI is InChI=1S/C12H16N2O/c1-12(2,15)9-4-5-11-10(8-9)13-6-7-14(11)3/h4-6,8,15H,7H2,1-3H3. The summed E-state index contributed by atoms with van der Waals surface area (Å²) in [6, 6.07) is 5.91. The summed E-state index contributed by atoms with van der Waals surface area (Å²) >= 11 is 0. The van der Waals surface area contributed by atoms with Gasteiger partial charge in [0.05, 0.1) is 23.5 Å². The molecule has 15 heavy (non-hydrogen) atoms. The van der Waals surface area contributed by atoms with Gasteiger partial charge in [-0.2, -0.15) is 0 Å². The number of aliphatic hydroxyl groups is 1. The highest BCUT2D eigenvalue weighted by Gasteiger charge is 2.19. The first kappa shape index (κ1) is 10.2. The maximum Gasteiger partial charge on any atom is 0.0863 e. The van der Waals surface area contributed by atoms with Crippen LogP contribution in [0.3, 0.4) is 0 Å². The van der Waals surface area contributed by atoms with Crippen molar-refractivity contribution in [1.82, 2.24) is 0 Å². The van der Waals surface area contributed by atoms with Crippen molar-refractivity contribution in [2.75, 3.05) is 18.5 Å². The van der Waals surface area contributed by atoms with Crippen LogP contribution in [0.25, 0.3) is 0 Å². The quantitative estimate of drug-likeness (QED) is 0.760. The molecule has 0 bridgehead atoms. The molecule has 0 unspecified atom stereocenters. The average molecular weight is 204 g/mol. The topological polar surface area (TPSA) is 35.8 Å². The van der Waals surface area contributed by atoms with E-state index in [1.54, 1.807) is 13.8 Å². The van der Waals surface area contributed by atoms with Crippen LogP contribution in [0.15, 0.2) is 23.2 Å². The zero-order valence-electron chi connectivity index (χ0n) is 9.36. The lowest BCUT2D eigenvalue weighted by atomic mass is 9.97.